The number of benzene rings is 2. The molecule has 20 heavy (non-hydrogen) atoms. The molecular weight excluding hydrogens is 278 g/mol. The van der Waals surface area contributed by atoms with Crippen molar-refractivity contribution in [3.05, 3.63) is 74.8 Å². The van der Waals surface area contributed by atoms with Gasteiger partial charge in [0.2, 0.25) is 0 Å². The molecule has 0 spiro atoms. The van der Waals surface area contributed by atoms with Gasteiger partial charge >= 0.3 is 0 Å². The highest BCUT2D eigenvalue weighted by Crippen LogP contribution is 2.25. The summed E-state index contributed by atoms with van der Waals surface area (Å²) in [4.78, 5) is 10.3. The number of nitrogens with zero attached hydrogens (tertiary/aromatic N) is 1. The maximum Gasteiger partial charge on any atom is 0.288 e. The highest BCUT2D eigenvalue weighted by atomic mass is 35.5. The molecule has 0 aliphatic carbocycles. The van der Waals surface area contributed by atoms with E-state index in [-0.39, 0.29) is 10.7 Å². The molecule has 0 aliphatic rings. The van der Waals surface area contributed by atoms with Gasteiger partial charge in [0, 0.05) is 6.07 Å². The van der Waals surface area contributed by atoms with Crippen LogP contribution in [0.15, 0.2) is 48.5 Å². The quantitative estimate of drug-likeness (QED) is 0.459. The Morgan fingerprint density at radius 3 is 2.55 bits per heavy atom. The number of halogens is 1. The van der Waals surface area contributed by atoms with E-state index >= 15 is 0 Å². The number of rotatable bonds is 6. The zero-order valence-corrected chi connectivity index (χ0v) is 11.5. The summed E-state index contributed by atoms with van der Waals surface area (Å²) in [6, 6.07) is 14.7. The van der Waals surface area contributed by atoms with Gasteiger partial charge in [0.05, 0.1) is 18.1 Å². The summed E-state index contributed by atoms with van der Waals surface area (Å²) in [6.45, 7) is 0.908. The van der Waals surface area contributed by atoms with E-state index in [1.165, 1.54) is 17.7 Å². The standard InChI is InChI=1S/C15H14ClNO3/c16-14-7-6-13(10-15(14)17(18)19)11-20-9-8-12-4-2-1-3-5-12/h1-7,10H,8-9,11H2. The molecule has 2 rings (SSSR count). The number of hydrogen-bond acceptors (Lipinski definition) is 3. The maximum atomic E-state index is 10.8. The monoisotopic (exact) mass is 291 g/mol. The van der Waals surface area contributed by atoms with Gasteiger partial charge in [-0.15, -0.1) is 0 Å². The van der Waals surface area contributed by atoms with Crippen LogP contribution in [0.3, 0.4) is 0 Å². The number of hydrogen-bond donors (Lipinski definition) is 0. The molecule has 0 N–H and O–H groups in total. The molecule has 0 atom stereocenters. The van der Waals surface area contributed by atoms with Crippen molar-refractivity contribution in [1.29, 1.82) is 0 Å². The van der Waals surface area contributed by atoms with E-state index in [1.54, 1.807) is 6.07 Å². The molecule has 4 nitrogen and oxygen atoms in total. The first-order chi connectivity index (χ1) is 9.66. The largest absolute Gasteiger partial charge is 0.376 e. The first-order valence-electron chi connectivity index (χ1n) is 6.21. The second-order valence-electron chi connectivity index (χ2n) is 4.33. The lowest BCUT2D eigenvalue weighted by Gasteiger charge is -2.05. The predicted molar refractivity (Wildman–Crippen MR) is 77.9 cm³/mol. The third-order valence-electron chi connectivity index (χ3n) is 2.85. The lowest BCUT2D eigenvalue weighted by Crippen LogP contribution is -2.00. The van der Waals surface area contributed by atoms with E-state index in [0.29, 0.717) is 13.2 Å². The van der Waals surface area contributed by atoms with Gasteiger partial charge in [-0.2, -0.15) is 0 Å². The van der Waals surface area contributed by atoms with Crippen LogP contribution in [0.1, 0.15) is 11.1 Å². The van der Waals surface area contributed by atoms with Gasteiger partial charge in [-0.05, 0) is 23.6 Å². The van der Waals surface area contributed by atoms with Gasteiger partial charge in [0.15, 0.2) is 0 Å². The van der Waals surface area contributed by atoms with Gasteiger partial charge in [-0.1, -0.05) is 48.0 Å². The van der Waals surface area contributed by atoms with E-state index in [4.69, 9.17) is 16.3 Å². The molecule has 0 fully saturated rings. The van der Waals surface area contributed by atoms with Crippen LogP contribution >= 0.6 is 11.6 Å². The molecule has 0 amide bonds. The van der Waals surface area contributed by atoms with Crippen molar-refractivity contribution in [3.8, 4) is 0 Å². The topological polar surface area (TPSA) is 52.4 Å². The van der Waals surface area contributed by atoms with Crippen LogP contribution in [0.4, 0.5) is 5.69 Å². The number of ether oxygens (including phenoxy) is 1. The van der Waals surface area contributed by atoms with Crippen molar-refractivity contribution in [3.63, 3.8) is 0 Å². The normalized spacial score (nSPS) is 10.4. The average molecular weight is 292 g/mol. The minimum atomic E-state index is -0.490. The SMILES string of the molecule is O=[N+]([O-])c1cc(COCCc2ccccc2)ccc1Cl. The fourth-order valence-corrected chi connectivity index (χ4v) is 2.00. The summed E-state index contributed by atoms with van der Waals surface area (Å²) in [5.74, 6) is 0. The first kappa shape index (κ1) is 14.5. The van der Waals surface area contributed by atoms with Gasteiger partial charge in [-0.25, -0.2) is 0 Å². The Morgan fingerprint density at radius 2 is 1.85 bits per heavy atom. The van der Waals surface area contributed by atoms with Crippen LogP contribution in [-0.4, -0.2) is 11.5 Å². The van der Waals surface area contributed by atoms with Crippen molar-refractivity contribution < 1.29 is 9.66 Å². The van der Waals surface area contributed by atoms with Crippen LogP contribution in [0.25, 0.3) is 0 Å². The van der Waals surface area contributed by atoms with Gasteiger partial charge in [-0.3, -0.25) is 10.1 Å². The van der Waals surface area contributed by atoms with E-state index in [9.17, 15) is 10.1 Å². The Labute approximate surface area is 122 Å². The molecule has 0 aromatic heterocycles. The van der Waals surface area contributed by atoms with Gasteiger partial charge in [0.1, 0.15) is 5.02 Å². The molecule has 0 saturated carbocycles. The van der Waals surface area contributed by atoms with Gasteiger partial charge in [0.25, 0.3) is 5.69 Å². The zero-order valence-electron chi connectivity index (χ0n) is 10.8. The Hall–Kier alpha value is -1.91. The molecule has 0 unspecified atom stereocenters. The summed E-state index contributed by atoms with van der Waals surface area (Å²) in [5, 5.41) is 10.9. The van der Waals surface area contributed by atoms with E-state index in [2.05, 4.69) is 0 Å². The maximum absolute atomic E-state index is 10.8. The minimum Gasteiger partial charge on any atom is -0.376 e. The van der Waals surface area contributed by atoms with Crippen LogP contribution in [0.5, 0.6) is 0 Å². The molecular formula is C15H14ClNO3. The fourth-order valence-electron chi connectivity index (χ4n) is 1.81. The minimum absolute atomic E-state index is 0.0872. The summed E-state index contributed by atoms with van der Waals surface area (Å²) >= 11 is 5.75. The third kappa shape index (κ3) is 4.05. The fraction of sp³-hybridized carbons (Fsp3) is 0.200. The molecule has 0 bridgehead atoms. The molecule has 2 aromatic carbocycles. The van der Waals surface area contributed by atoms with E-state index < -0.39 is 4.92 Å². The van der Waals surface area contributed by atoms with E-state index in [1.807, 2.05) is 30.3 Å². The summed E-state index contributed by atoms with van der Waals surface area (Å²) in [6.07, 6.45) is 0.816. The Bertz CT molecular complexity index is 587. The second kappa shape index (κ2) is 7.03. The highest BCUT2D eigenvalue weighted by molar-refractivity contribution is 6.32. The van der Waals surface area contributed by atoms with Crippen molar-refractivity contribution in [1.82, 2.24) is 0 Å². The average Bonchev–Trinajstić information content (AvgIpc) is 2.46. The van der Waals surface area contributed by atoms with Crippen molar-refractivity contribution in [2.75, 3.05) is 6.61 Å². The first-order valence-corrected chi connectivity index (χ1v) is 6.59. The number of nitro benzene ring substituents is 1. The molecule has 5 heteroatoms. The molecule has 0 heterocycles. The van der Waals surface area contributed by atoms with Crippen molar-refractivity contribution in [2.45, 2.75) is 13.0 Å². The summed E-state index contributed by atoms with van der Waals surface area (Å²) in [5.41, 5.74) is 1.86. The van der Waals surface area contributed by atoms with Crippen molar-refractivity contribution >= 4 is 17.3 Å². The molecule has 0 radical (unpaired) electrons. The van der Waals surface area contributed by atoms with Crippen LogP contribution in [0, 0.1) is 10.1 Å². The van der Waals surface area contributed by atoms with Gasteiger partial charge < -0.3 is 4.74 Å². The molecule has 0 saturated heterocycles. The summed E-state index contributed by atoms with van der Waals surface area (Å²) < 4.78 is 5.53. The van der Waals surface area contributed by atoms with Crippen LogP contribution in [0.2, 0.25) is 5.02 Å². The Balaban J connectivity index is 1.85. The lowest BCUT2D eigenvalue weighted by molar-refractivity contribution is -0.384. The Morgan fingerprint density at radius 1 is 1.10 bits per heavy atom. The predicted octanol–water partition coefficient (Wildman–Crippen LogP) is 4.01. The Kier molecular flexibility index (Phi) is 5.09. The van der Waals surface area contributed by atoms with Crippen molar-refractivity contribution in [2.24, 2.45) is 0 Å². The van der Waals surface area contributed by atoms with Crippen LogP contribution in [-0.2, 0) is 17.8 Å². The molecule has 0 aliphatic heterocycles. The van der Waals surface area contributed by atoms with Crippen LogP contribution < -0.4 is 0 Å². The number of nitro groups is 1. The lowest BCUT2D eigenvalue weighted by atomic mass is 10.2. The third-order valence-corrected chi connectivity index (χ3v) is 3.17. The smallest absolute Gasteiger partial charge is 0.288 e. The molecule has 2 aromatic rings. The zero-order chi connectivity index (χ0) is 14.4. The highest BCUT2D eigenvalue weighted by Gasteiger charge is 2.12. The second-order valence-corrected chi connectivity index (χ2v) is 4.74. The summed E-state index contributed by atoms with van der Waals surface area (Å²) in [7, 11) is 0. The van der Waals surface area contributed by atoms with E-state index in [0.717, 1.165) is 12.0 Å². The molecule has 104 valence electrons.